The van der Waals surface area contributed by atoms with Crippen LogP contribution in [0.1, 0.15) is 81.1 Å². The summed E-state index contributed by atoms with van der Waals surface area (Å²) in [6, 6.07) is 1.71. The minimum atomic E-state index is -0.987. The van der Waals surface area contributed by atoms with Gasteiger partial charge in [-0.05, 0) is 69.9 Å². The first-order valence-corrected chi connectivity index (χ1v) is 12.8. The zero-order valence-electron chi connectivity index (χ0n) is 21.4. The van der Waals surface area contributed by atoms with Gasteiger partial charge >= 0.3 is 5.97 Å². The van der Waals surface area contributed by atoms with Crippen LogP contribution in [0.15, 0.2) is 79.2 Å². The Bertz CT molecular complexity index is 881. The molecule has 1 N–H and O–H groups in total. The third kappa shape index (κ3) is 14.6. The monoisotopic (exact) mass is 478 g/mol. The number of carboxylic acids is 1. The molecule has 0 aliphatic heterocycles. The van der Waals surface area contributed by atoms with Crippen molar-refractivity contribution in [2.75, 3.05) is 13.1 Å². The third-order valence-corrected chi connectivity index (χ3v) is 5.45. The van der Waals surface area contributed by atoms with Crippen LogP contribution in [0.5, 0.6) is 0 Å². The molecular weight excluding hydrogens is 436 g/mol. The minimum Gasteiger partial charge on any atom is -0.478 e. The number of carbonyl (C=O) groups is 2. The predicted octanol–water partition coefficient (Wildman–Crippen LogP) is 7.09. The van der Waals surface area contributed by atoms with Gasteiger partial charge in [-0.25, -0.2) is 4.79 Å². The Morgan fingerprint density at radius 2 is 1.46 bits per heavy atom. The zero-order valence-corrected chi connectivity index (χ0v) is 21.4. The fourth-order valence-corrected chi connectivity index (χ4v) is 3.45. The van der Waals surface area contributed by atoms with Gasteiger partial charge in [-0.1, -0.05) is 67.7 Å². The summed E-state index contributed by atoms with van der Waals surface area (Å²) in [7, 11) is 0. The number of hydrogen-bond donors (Lipinski definition) is 1. The number of pyridine rings is 1. The Morgan fingerprint density at radius 1 is 0.886 bits per heavy atom. The highest BCUT2D eigenvalue weighted by Gasteiger charge is 2.14. The molecule has 0 saturated heterocycles. The number of hydrogen-bond acceptors (Lipinski definition) is 3. The van der Waals surface area contributed by atoms with Crippen LogP contribution in [0.25, 0.3) is 0 Å². The number of unbranched alkanes of at least 4 members (excludes halogenated alkanes) is 1. The lowest BCUT2D eigenvalue weighted by atomic mass is 10.1. The molecule has 0 bridgehead atoms. The van der Waals surface area contributed by atoms with Crippen LogP contribution in [0.2, 0.25) is 0 Å². The molecule has 0 spiro atoms. The molecule has 0 aliphatic carbocycles. The predicted molar refractivity (Wildman–Crippen MR) is 145 cm³/mol. The quantitative estimate of drug-likeness (QED) is 0.181. The van der Waals surface area contributed by atoms with E-state index in [1.165, 1.54) is 6.20 Å². The molecule has 1 aromatic heterocycles. The summed E-state index contributed by atoms with van der Waals surface area (Å²) in [5.74, 6) is -0.870. The van der Waals surface area contributed by atoms with E-state index in [1.807, 2.05) is 6.92 Å². The van der Waals surface area contributed by atoms with Crippen molar-refractivity contribution in [2.45, 2.75) is 71.6 Å². The van der Waals surface area contributed by atoms with Gasteiger partial charge in [-0.2, -0.15) is 0 Å². The Labute approximate surface area is 211 Å². The highest BCUT2D eigenvalue weighted by atomic mass is 16.4. The van der Waals surface area contributed by atoms with Crippen LogP contribution < -0.4 is 0 Å². The molecular formula is C30H42N2O3. The van der Waals surface area contributed by atoms with E-state index >= 15 is 0 Å². The maximum atomic E-state index is 12.5. The van der Waals surface area contributed by atoms with E-state index in [0.717, 1.165) is 44.9 Å². The first-order chi connectivity index (χ1) is 17.1. The number of amides is 1. The van der Waals surface area contributed by atoms with E-state index in [1.54, 1.807) is 17.2 Å². The number of carboxylic acid groups (broad SMARTS) is 1. The lowest BCUT2D eigenvalue weighted by Crippen LogP contribution is -2.32. The Kier molecular flexibility index (Phi) is 17.2. The van der Waals surface area contributed by atoms with Gasteiger partial charge in [0, 0.05) is 31.9 Å². The highest BCUT2D eigenvalue weighted by molar-refractivity contribution is 5.89. The summed E-state index contributed by atoms with van der Waals surface area (Å²) in [6.45, 7) is 5.23. The second-order valence-electron chi connectivity index (χ2n) is 8.16. The SMILES string of the molecule is CCC=CCC=CCC=CCC=CCC=CCCCC(=O)N(CC)CCc1ccncc1C(=O)O. The van der Waals surface area contributed by atoms with Crippen molar-refractivity contribution in [1.29, 1.82) is 0 Å². The Hall–Kier alpha value is -3.21. The maximum Gasteiger partial charge on any atom is 0.337 e. The zero-order chi connectivity index (χ0) is 25.6. The molecule has 1 heterocycles. The standard InChI is InChI=1S/C30H42N2O3/c1-3-5-6-7-8-9-10-11-12-13-14-15-16-17-18-19-20-21-29(33)32(4-2)25-23-27-22-24-31-26-28(27)30(34)35/h5-6,8-9,11-12,14-15,17-18,22,24,26H,3-4,7,10,13,16,19-21,23,25H2,1-2H3,(H,34,35). The van der Waals surface area contributed by atoms with Crippen molar-refractivity contribution in [2.24, 2.45) is 0 Å². The molecule has 5 heteroatoms. The van der Waals surface area contributed by atoms with Crippen molar-refractivity contribution >= 4 is 11.9 Å². The normalized spacial score (nSPS) is 12.2. The molecule has 1 aromatic rings. The summed E-state index contributed by atoms with van der Waals surface area (Å²) >= 11 is 0. The first kappa shape index (κ1) is 29.8. The molecule has 1 rings (SSSR count). The first-order valence-electron chi connectivity index (χ1n) is 12.8. The number of carbonyl (C=O) groups excluding carboxylic acids is 1. The second kappa shape index (κ2) is 20.2. The lowest BCUT2D eigenvalue weighted by Gasteiger charge is -2.21. The third-order valence-electron chi connectivity index (χ3n) is 5.45. The average Bonchev–Trinajstić information content (AvgIpc) is 2.86. The van der Waals surface area contributed by atoms with Crippen molar-refractivity contribution in [3.8, 4) is 0 Å². The van der Waals surface area contributed by atoms with Gasteiger partial charge in [0.05, 0.1) is 5.56 Å². The summed E-state index contributed by atoms with van der Waals surface area (Å²) in [6.07, 6.45) is 32.4. The number of rotatable bonds is 18. The molecule has 1 amide bonds. The van der Waals surface area contributed by atoms with Gasteiger partial charge in [0.2, 0.25) is 5.91 Å². The molecule has 0 radical (unpaired) electrons. The molecule has 35 heavy (non-hydrogen) atoms. The molecule has 0 aromatic carbocycles. The van der Waals surface area contributed by atoms with E-state index < -0.39 is 5.97 Å². The Balaban J connectivity index is 2.18. The molecule has 0 aliphatic rings. The van der Waals surface area contributed by atoms with Gasteiger partial charge in [0.15, 0.2) is 0 Å². The van der Waals surface area contributed by atoms with E-state index in [2.05, 4.69) is 72.7 Å². The molecule has 190 valence electrons. The molecule has 0 unspecified atom stereocenters. The maximum absolute atomic E-state index is 12.5. The summed E-state index contributed by atoms with van der Waals surface area (Å²) in [5.41, 5.74) is 0.909. The summed E-state index contributed by atoms with van der Waals surface area (Å²) in [4.78, 5) is 29.5. The average molecular weight is 479 g/mol. The van der Waals surface area contributed by atoms with Crippen LogP contribution in [-0.2, 0) is 11.2 Å². The number of allylic oxidation sites excluding steroid dienone is 10. The largest absolute Gasteiger partial charge is 0.478 e. The van der Waals surface area contributed by atoms with Crippen molar-refractivity contribution in [3.63, 3.8) is 0 Å². The molecule has 0 saturated carbocycles. The fraction of sp³-hybridized carbons (Fsp3) is 0.433. The molecule has 5 nitrogen and oxygen atoms in total. The van der Waals surface area contributed by atoms with E-state index in [4.69, 9.17) is 0 Å². The van der Waals surface area contributed by atoms with Crippen LogP contribution in [0.3, 0.4) is 0 Å². The van der Waals surface area contributed by atoms with Gasteiger partial charge in [-0.15, -0.1) is 0 Å². The van der Waals surface area contributed by atoms with Gasteiger partial charge in [-0.3, -0.25) is 9.78 Å². The molecule has 0 fully saturated rings. The number of nitrogens with zero attached hydrogens (tertiary/aromatic N) is 2. The van der Waals surface area contributed by atoms with Crippen LogP contribution in [-0.4, -0.2) is 40.0 Å². The van der Waals surface area contributed by atoms with Crippen LogP contribution >= 0.6 is 0 Å². The second-order valence-corrected chi connectivity index (χ2v) is 8.16. The fourth-order valence-electron chi connectivity index (χ4n) is 3.45. The smallest absolute Gasteiger partial charge is 0.337 e. The van der Waals surface area contributed by atoms with Crippen LogP contribution in [0, 0.1) is 0 Å². The minimum absolute atomic E-state index is 0.116. The van der Waals surface area contributed by atoms with Crippen molar-refractivity contribution in [1.82, 2.24) is 9.88 Å². The van der Waals surface area contributed by atoms with E-state index in [9.17, 15) is 14.7 Å². The van der Waals surface area contributed by atoms with Crippen molar-refractivity contribution in [3.05, 3.63) is 90.3 Å². The number of aromatic nitrogens is 1. The summed E-state index contributed by atoms with van der Waals surface area (Å²) in [5, 5.41) is 9.27. The number of aromatic carboxylic acids is 1. The van der Waals surface area contributed by atoms with Crippen LogP contribution in [0.4, 0.5) is 0 Å². The molecule has 0 atom stereocenters. The summed E-state index contributed by atoms with van der Waals surface area (Å²) < 4.78 is 0. The topological polar surface area (TPSA) is 70.5 Å². The lowest BCUT2D eigenvalue weighted by molar-refractivity contribution is -0.131. The van der Waals surface area contributed by atoms with Gasteiger partial charge in [0.1, 0.15) is 0 Å². The van der Waals surface area contributed by atoms with E-state index in [-0.39, 0.29) is 11.5 Å². The highest BCUT2D eigenvalue weighted by Crippen LogP contribution is 2.10. The van der Waals surface area contributed by atoms with E-state index in [0.29, 0.717) is 31.5 Å². The van der Waals surface area contributed by atoms with Crippen molar-refractivity contribution < 1.29 is 14.7 Å². The Morgan fingerprint density at radius 3 is 2.00 bits per heavy atom. The number of likely N-dealkylation sites (N-methyl/N-ethyl adjacent to an activating group) is 1. The van der Waals surface area contributed by atoms with Gasteiger partial charge in [0.25, 0.3) is 0 Å². The van der Waals surface area contributed by atoms with Gasteiger partial charge < -0.3 is 10.0 Å².